The number of rotatable bonds is 8. The lowest BCUT2D eigenvalue weighted by atomic mass is 9.88. The van der Waals surface area contributed by atoms with Gasteiger partial charge in [0.2, 0.25) is 0 Å². The number of nitrogens with zero attached hydrogens (tertiary/aromatic N) is 4. The highest BCUT2D eigenvalue weighted by molar-refractivity contribution is 5.90. The largest absolute Gasteiger partial charge is 0.491 e. The molecule has 0 spiro atoms. The van der Waals surface area contributed by atoms with Crippen molar-refractivity contribution in [2.45, 2.75) is 37.6 Å². The first-order chi connectivity index (χ1) is 18.4. The molecule has 2 aliphatic rings. The van der Waals surface area contributed by atoms with Gasteiger partial charge in [-0.2, -0.15) is 5.10 Å². The van der Waals surface area contributed by atoms with E-state index in [1.807, 2.05) is 30.6 Å². The summed E-state index contributed by atoms with van der Waals surface area (Å²) < 4.78 is 21.0. The molecule has 9 heteroatoms. The van der Waals surface area contributed by atoms with Crippen molar-refractivity contribution in [3.63, 3.8) is 0 Å². The number of aromatic nitrogens is 3. The number of alkyl halides is 1. The van der Waals surface area contributed by atoms with Crippen LogP contribution in [0.15, 0.2) is 36.8 Å². The van der Waals surface area contributed by atoms with Crippen LogP contribution in [0.5, 0.6) is 5.75 Å². The zero-order valence-corrected chi connectivity index (χ0v) is 22.5. The Morgan fingerprint density at radius 3 is 2.55 bits per heavy atom. The van der Waals surface area contributed by atoms with Crippen LogP contribution < -0.4 is 16.2 Å². The Balaban J connectivity index is 1.40. The van der Waals surface area contributed by atoms with Crippen LogP contribution in [0.4, 0.5) is 10.2 Å². The number of nitrogens with two attached hydrogens (primary N) is 2. The maximum Gasteiger partial charge on any atom is 0.123 e. The number of anilines is 1. The molecule has 0 radical (unpaired) electrons. The summed E-state index contributed by atoms with van der Waals surface area (Å²) in [5.41, 5.74) is 18.3. The van der Waals surface area contributed by atoms with Crippen molar-refractivity contribution in [1.29, 1.82) is 0 Å². The second-order valence-corrected chi connectivity index (χ2v) is 10.7. The summed E-state index contributed by atoms with van der Waals surface area (Å²) in [6.07, 6.45) is 12.1. The third-order valence-corrected chi connectivity index (χ3v) is 8.07. The van der Waals surface area contributed by atoms with Crippen molar-refractivity contribution in [1.82, 2.24) is 24.6 Å². The summed E-state index contributed by atoms with van der Waals surface area (Å²) >= 11 is 0. The summed E-state index contributed by atoms with van der Waals surface area (Å²) in [5, 5.41) is 4.67. The van der Waals surface area contributed by atoms with Crippen LogP contribution >= 0.6 is 0 Å². The Hall–Kier alpha value is -3.30. The molecular weight excluding hydrogens is 481 g/mol. The summed E-state index contributed by atoms with van der Waals surface area (Å²) in [6.45, 7) is 3.74. The Labute approximate surface area is 224 Å². The molecule has 2 saturated heterocycles. The van der Waals surface area contributed by atoms with E-state index in [9.17, 15) is 4.39 Å². The Kier molecular flexibility index (Phi) is 8.04. The molecule has 204 valence electrons. The molecule has 0 aliphatic carbocycles. The Morgan fingerprint density at radius 2 is 1.84 bits per heavy atom. The number of ether oxygens (including phenoxy) is 1. The van der Waals surface area contributed by atoms with Crippen LogP contribution in [0.2, 0.25) is 0 Å². The SMILES string of the molecule is CN1CCC(c2ccc(/C(N)=C/c3c(-c4cnn(C5CCN(C)CC5)c4)c[nH]c3N)cc2OCCF)CC1. The van der Waals surface area contributed by atoms with Crippen LogP contribution in [0.1, 0.15) is 54.3 Å². The van der Waals surface area contributed by atoms with Crippen molar-refractivity contribution in [2.75, 3.05) is 59.3 Å². The quantitative estimate of drug-likeness (QED) is 0.408. The normalized spacial score (nSPS) is 18.8. The molecule has 0 bridgehead atoms. The van der Waals surface area contributed by atoms with Crippen LogP contribution in [-0.2, 0) is 0 Å². The van der Waals surface area contributed by atoms with Crippen LogP contribution in [0, 0.1) is 0 Å². The molecule has 38 heavy (non-hydrogen) atoms. The Bertz CT molecular complexity index is 1250. The predicted molar refractivity (Wildman–Crippen MR) is 152 cm³/mol. The van der Waals surface area contributed by atoms with Crippen LogP contribution in [-0.4, -0.2) is 78.1 Å². The average molecular weight is 522 g/mol. The first-order valence-electron chi connectivity index (χ1n) is 13.6. The molecule has 2 aliphatic heterocycles. The number of nitrogens with one attached hydrogen (secondary N) is 1. The smallest absolute Gasteiger partial charge is 0.123 e. The third-order valence-electron chi connectivity index (χ3n) is 8.07. The number of benzene rings is 1. The van der Waals surface area contributed by atoms with Crippen LogP contribution in [0.3, 0.4) is 0 Å². The predicted octanol–water partition coefficient (Wildman–Crippen LogP) is 4.34. The number of hydrogen-bond donors (Lipinski definition) is 3. The minimum Gasteiger partial charge on any atom is -0.491 e. The number of nitrogen functional groups attached to an aromatic ring is 1. The second-order valence-electron chi connectivity index (χ2n) is 10.7. The third kappa shape index (κ3) is 5.73. The van der Waals surface area contributed by atoms with E-state index in [0.717, 1.165) is 79.7 Å². The summed E-state index contributed by atoms with van der Waals surface area (Å²) in [4.78, 5) is 7.84. The minimum atomic E-state index is -0.531. The number of aromatic amines is 1. The molecule has 1 aromatic carbocycles. The maximum atomic E-state index is 13.0. The molecule has 4 heterocycles. The zero-order valence-electron chi connectivity index (χ0n) is 22.5. The van der Waals surface area contributed by atoms with Gasteiger partial charge in [0.05, 0.1) is 12.2 Å². The van der Waals surface area contributed by atoms with Crippen molar-refractivity contribution < 1.29 is 9.13 Å². The minimum absolute atomic E-state index is 0.0306. The molecular formula is C29H40FN7O. The highest BCUT2D eigenvalue weighted by atomic mass is 19.1. The fourth-order valence-electron chi connectivity index (χ4n) is 5.66. The van der Waals surface area contributed by atoms with E-state index < -0.39 is 6.67 Å². The molecule has 8 nitrogen and oxygen atoms in total. The first-order valence-corrected chi connectivity index (χ1v) is 13.6. The van der Waals surface area contributed by atoms with E-state index in [1.165, 1.54) is 0 Å². The number of likely N-dealkylation sites (tertiary alicyclic amines) is 2. The van der Waals surface area contributed by atoms with E-state index in [4.69, 9.17) is 16.2 Å². The highest BCUT2D eigenvalue weighted by Crippen LogP contribution is 2.37. The first kappa shape index (κ1) is 26.3. The summed E-state index contributed by atoms with van der Waals surface area (Å²) in [6, 6.07) is 6.47. The van der Waals surface area contributed by atoms with Crippen molar-refractivity contribution in [2.24, 2.45) is 5.73 Å². The van der Waals surface area contributed by atoms with Gasteiger partial charge in [0.1, 0.15) is 24.8 Å². The number of hydrogen-bond acceptors (Lipinski definition) is 6. The summed E-state index contributed by atoms with van der Waals surface area (Å²) in [5.74, 6) is 1.66. The van der Waals surface area contributed by atoms with E-state index in [0.29, 0.717) is 29.2 Å². The van der Waals surface area contributed by atoms with Gasteiger partial charge in [-0.05, 0) is 89.6 Å². The van der Waals surface area contributed by atoms with Crippen molar-refractivity contribution >= 4 is 17.6 Å². The molecule has 5 N–H and O–H groups in total. The molecule has 0 atom stereocenters. The lowest BCUT2D eigenvalue weighted by molar-refractivity contribution is 0.212. The molecule has 5 rings (SSSR count). The fraction of sp³-hybridized carbons (Fsp3) is 0.483. The standard InChI is InChI=1S/C29H40FN7O/c1-35-10-5-20(6-11-35)24-4-3-21(15-28(24)38-14-9-30)27(31)16-25-26(18-33-29(25)32)22-17-34-37(19-22)23-7-12-36(2)13-8-23/h3-4,15-20,23,33H,5-14,31-32H2,1-2H3/b27-16-. The number of halogens is 1. The number of H-pyrrole nitrogens is 1. The van der Waals surface area contributed by atoms with Gasteiger partial charge >= 0.3 is 0 Å². The second kappa shape index (κ2) is 11.6. The molecule has 0 unspecified atom stereocenters. The van der Waals surface area contributed by atoms with Crippen molar-refractivity contribution in [3.05, 3.63) is 53.5 Å². The molecule has 2 fully saturated rings. The van der Waals surface area contributed by atoms with Crippen molar-refractivity contribution in [3.8, 4) is 16.9 Å². The lowest BCUT2D eigenvalue weighted by Crippen LogP contribution is -2.31. The van der Waals surface area contributed by atoms with Crippen LogP contribution in [0.25, 0.3) is 22.9 Å². The van der Waals surface area contributed by atoms with Gasteiger partial charge < -0.3 is 31.0 Å². The van der Waals surface area contributed by atoms with Gasteiger partial charge in [-0.25, -0.2) is 4.39 Å². The van der Waals surface area contributed by atoms with Gasteiger partial charge in [-0.3, -0.25) is 4.68 Å². The highest BCUT2D eigenvalue weighted by Gasteiger charge is 2.23. The van der Waals surface area contributed by atoms with Gasteiger partial charge in [0.15, 0.2) is 0 Å². The van der Waals surface area contributed by atoms with E-state index >= 15 is 0 Å². The monoisotopic (exact) mass is 521 g/mol. The van der Waals surface area contributed by atoms with Gasteiger partial charge in [0, 0.05) is 40.3 Å². The van der Waals surface area contributed by atoms with Gasteiger partial charge in [-0.15, -0.1) is 0 Å². The Morgan fingerprint density at radius 1 is 1.13 bits per heavy atom. The summed E-state index contributed by atoms with van der Waals surface area (Å²) in [7, 11) is 4.31. The molecule has 0 saturated carbocycles. The van der Waals surface area contributed by atoms with E-state index in [1.54, 1.807) is 0 Å². The van der Waals surface area contributed by atoms with Gasteiger partial charge in [-0.1, -0.05) is 12.1 Å². The molecule has 3 aromatic rings. The molecule has 2 aromatic heterocycles. The zero-order chi connectivity index (χ0) is 26.6. The van der Waals surface area contributed by atoms with E-state index in [2.05, 4.69) is 50.9 Å². The lowest BCUT2D eigenvalue weighted by Gasteiger charge is -2.30. The number of piperidine rings is 2. The van der Waals surface area contributed by atoms with Gasteiger partial charge in [0.25, 0.3) is 0 Å². The van der Waals surface area contributed by atoms with E-state index in [-0.39, 0.29) is 6.61 Å². The maximum absolute atomic E-state index is 13.0. The molecule has 0 amide bonds. The topological polar surface area (TPSA) is 101 Å². The fourth-order valence-corrected chi connectivity index (χ4v) is 5.66. The average Bonchev–Trinajstić information content (AvgIpc) is 3.55.